The van der Waals surface area contributed by atoms with E-state index >= 15 is 0 Å². The number of halogens is 1. The molecule has 1 aromatic heterocycles. The van der Waals surface area contributed by atoms with E-state index in [9.17, 15) is 4.39 Å². The molecule has 0 aliphatic carbocycles. The van der Waals surface area contributed by atoms with E-state index in [-0.39, 0.29) is 5.82 Å². The highest BCUT2D eigenvalue weighted by Crippen LogP contribution is 2.18. The van der Waals surface area contributed by atoms with Crippen LogP contribution in [0.5, 0.6) is 0 Å². The van der Waals surface area contributed by atoms with Gasteiger partial charge in [0.25, 0.3) is 0 Å². The van der Waals surface area contributed by atoms with Crippen molar-refractivity contribution in [3.05, 3.63) is 23.6 Å². The zero-order valence-corrected chi connectivity index (χ0v) is 11.4. The summed E-state index contributed by atoms with van der Waals surface area (Å²) in [6.45, 7) is 4.67. The Bertz CT molecular complexity index is 360. The summed E-state index contributed by atoms with van der Waals surface area (Å²) in [5.74, 6) is 0.127. The predicted octanol–water partition coefficient (Wildman–Crippen LogP) is 1.80. The monoisotopic (exact) mass is 255 g/mol. The number of ether oxygens (including phenoxy) is 1. The van der Waals surface area contributed by atoms with Gasteiger partial charge in [-0.05, 0) is 19.0 Å². The van der Waals surface area contributed by atoms with Crippen LogP contribution < -0.4 is 10.2 Å². The molecule has 0 spiro atoms. The molecule has 0 bridgehead atoms. The maximum Gasteiger partial charge on any atom is 0.170 e. The second kappa shape index (κ2) is 8.00. The van der Waals surface area contributed by atoms with Crippen molar-refractivity contribution in [2.75, 3.05) is 38.8 Å². The predicted molar refractivity (Wildman–Crippen MR) is 71.3 cm³/mol. The molecule has 1 heterocycles. The molecule has 0 unspecified atom stereocenters. The standard InChI is InChI=1S/C13H22FN3O/c1-4-6-15-10-11-5-7-16-13(12(11)14)17(2)8-9-18-3/h5,7,15H,4,6,8-10H2,1-3H3. The molecule has 0 amide bonds. The van der Waals surface area contributed by atoms with Gasteiger partial charge in [0.2, 0.25) is 0 Å². The van der Waals surface area contributed by atoms with Crippen molar-refractivity contribution in [1.29, 1.82) is 0 Å². The molecule has 0 saturated heterocycles. The van der Waals surface area contributed by atoms with Crippen molar-refractivity contribution in [1.82, 2.24) is 10.3 Å². The fourth-order valence-corrected chi connectivity index (χ4v) is 1.61. The number of pyridine rings is 1. The van der Waals surface area contributed by atoms with Crippen LogP contribution in [0.3, 0.4) is 0 Å². The molecule has 0 radical (unpaired) electrons. The first-order chi connectivity index (χ1) is 8.70. The van der Waals surface area contributed by atoms with E-state index in [0.29, 0.717) is 31.1 Å². The number of likely N-dealkylation sites (N-methyl/N-ethyl adjacent to an activating group) is 1. The number of anilines is 1. The minimum atomic E-state index is -0.250. The molecule has 18 heavy (non-hydrogen) atoms. The largest absolute Gasteiger partial charge is 0.383 e. The summed E-state index contributed by atoms with van der Waals surface area (Å²) in [6, 6.07) is 1.71. The second-order valence-corrected chi connectivity index (χ2v) is 4.20. The molecule has 0 aromatic carbocycles. The van der Waals surface area contributed by atoms with E-state index in [1.165, 1.54) is 0 Å². The quantitative estimate of drug-likeness (QED) is 0.719. The third kappa shape index (κ3) is 4.23. The van der Waals surface area contributed by atoms with E-state index in [4.69, 9.17) is 4.74 Å². The van der Waals surface area contributed by atoms with E-state index in [0.717, 1.165) is 13.0 Å². The van der Waals surface area contributed by atoms with Crippen LogP contribution >= 0.6 is 0 Å². The Labute approximate surface area is 108 Å². The molecule has 1 N–H and O–H groups in total. The Morgan fingerprint density at radius 3 is 2.94 bits per heavy atom. The molecule has 1 rings (SSSR count). The van der Waals surface area contributed by atoms with E-state index in [2.05, 4.69) is 17.2 Å². The van der Waals surface area contributed by atoms with E-state index in [1.54, 1.807) is 24.3 Å². The Kier molecular flexibility index (Phi) is 6.60. The van der Waals surface area contributed by atoms with Gasteiger partial charge in [-0.2, -0.15) is 0 Å². The van der Waals surface area contributed by atoms with Crippen LogP contribution in [0.4, 0.5) is 10.2 Å². The Balaban J connectivity index is 2.71. The van der Waals surface area contributed by atoms with Crippen LogP contribution in [-0.2, 0) is 11.3 Å². The number of nitrogens with one attached hydrogen (secondary N) is 1. The first kappa shape index (κ1) is 14.9. The van der Waals surface area contributed by atoms with Crippen LogP contribution in [0.25, 0.3) is 0 Å². The lowest BCUT2D eigenvalue weighted by molar-refractivity contribution is 0.206. The normalized spacial score (nSPS) is 10.7. The molecule has 0 saturated carbocycles. The van der Waals surface area contributed by atoms with Gasteiger partial charge in [0.15, 0.2) is 11.6 Å². The highest BCUT2D eigenvalue weighted by molar-refractivity contribution is 5.42. The van der Waals surface area contributed by atoms with Gasteiger partial charge < -0.3 is 15.0 Å². The smallest absolute Gasteiger partial charge is 0.170 e. The van der Waals surface area contributed by atoms with Crippen molar-refractivity contribution >= 4 is 5.82 Å². The van der Waals surface area contributed by atoms with Crippen LogP contribution in [0.15, 0.2) is 12.3 Å². The number of hydrogen-bond donors (Lipinski definition) is 1. The third-order valence-corrected chi connectivity index (χ3v) is 2.69. The highest BCUT2D eigenvalue weighted by atomic mass is 19.1. The summed E-state index contributed by atoms with van der Waals surface area (Å²) >= 11 is 0. The minimum absolute atomic E-state index is 0.250. The summed E-state index contributed by atoms with van der Waals surface area (Å²) in [7, 11) is 3.44. The number of nitrogens with zero attached hydrogens (tertiary/aromatic N) is 2. The fourth-order valence-electron chi connectivity index (χ4n) is 1.61. The van der Waals surface area contributed by atoms with Crippen LogP contribution in [0.1, 0.15) is 18.9 Å². The van der Waals surface area contributed by atoms with Gasteiger partial charge in [-0.3, -0.25) is 0 Å². The van der Waals surface area contributed by atoms with Gasteiger partial charge in [0.1, 0.15) is 0 Å². The topological polar surface area (TPSA) is 37.4 Å². The van der Waals surface area contributed by atoms with Crippen LogP contribution in [0.2, 0.25) is 0 Å². The molecular formula is C13H22FN3O. The van der Waals surface area contributed by atoms with Gasteiger partial charge >= 0.3 is 0 Å². The molecule has 102 valence electrons. The summed E-state index contributed by atoms with van der Waals surface area (Å²) in [6.07, 6.45) is 2.68. The number of rotatable bonds is 8. The minimum Gasteiger partial charge on any atom is -0.383 e. The molecule has 0 atom stereocenters. The van der Waals surface area contributed by atoms with Crippen molar-refractivity contribution in [3.8, 4) is 0 Å². The maximum atomic E-state index is 14.2. The highest BCUT2D eigenvalue weighted by Gasteiger charge is 2.12. The Morgan fingerprint density at radius 2 is 2.28 bits per heavy atom. The summed E-state index contributed by atoms with van der Waals surface area (Å²) in [4.78, 5) is 5.85. The first-order valence-corrected chi connectivity index (χ1v) is 6.24. The van der Waals surface area contributed by atoms with Crippen molar-refractivity contribution in [3.63, 3.8) is 0 Å². The van der Waals surface area contributed by atoms with E-state index in [1.807, 2.05) is 7.05 Å². The Morgan fingerprint density at radius 1 is 1.50 bits per heavy atom. The third-order valence-electron chi connectivity index (χ3n) is 2.69. The molecule has 4 nitrogen and oxygen atoms in total. The lowest BCUT2D eigenvalue weighted by Gasteiger charge is -2.19. The molecule has 5 heteroatoms. The average molecular weight is 255 g/mol. The first-order valence-electron chi connectivity index (χ1n) is 6.24. The van der Waals surface area contributed by atoms with E-state index < -0.39 is 0 Å². The Hall–Kier alpha value is -1.20. The summed E-state index contributed by atoms with van der Waals surface area (Å²) in [5, 5.41) is 3.19. The lowest BCUT2D eigenvalue weighted by Crippen LogP contribution is -2.25. The van der Waals surface area contributed by atoms with Gasteiger partial charge in [-0.15, -0.1) is 0 Å². The van der Waals surface area contributed by atoms with Crippen molar-refractivity contribution in [2.24, 2.45) is 0 Å². The number of aromatic nitrogens is 1. The molecule has 1 aromatic rings. The van der Waals surface area contributed by atoms with Gasteiger partial charge in [0, 0.05) is 39.0 Å². The van der Waals surface area contributed by atoms with Gasteiger partial charge in [0.05, 0.1) is 6.61 Å². The zero-order chi connectivity index (χ0) is 13.4. The number of methoxy groups -OCH3 is 1. The SMILES string of the molecule is CCCNCc1ccnc(N(C)CCOC)c1F. The second-order valence-electron chi connectivity index (χ2n) is 4.20. The van der Waals surface area contributed by atoms with Crippen LogP contribution in [-0.4, -0.2) is 38.8 Å². The van der Waals surface area contributed by atoms with Crippen molar-refractivity contribution < 1.29 is 9.13 Å². The zero-order valence-electron chi connectivity index (χ0n) is 11.4. The summed E-state index contributed by atoms with van der Waals surface area (Å²) in [5.41, 5.74) is 0.651. The molecule has 0 aliphatic heterocycles. The molecular weight excluding hydrogens is 233 g/mol. The maximum absolute atomic E-state index is 14.2. The molecule has 0 fully saturated rings. The van der Waals surface area contributed by atoms with Crippen molar-refractivity contribution in [2.45, 2.75) is 19.9 Å². The lowest BCUT2D eigenvalue weighted by atomic mass is 10.2. The summed E-state index contributed by atoms with van der Waals surface area (Å²) < 4.78 is 19.2. The molecule has 0 aliphatic rings. The van der Waals surface area contributed by atoms with Gasteiger partial charge in [-0.1, -0.05) is 6.92 Å². The number of hydrogen-bond acceptors (Lipinski definition) is 4. The average Bonchev–Trinajstić information content (AvgIpc) is 2.38. The van der Waals surface area contributed by atoms with Gasteiger partial charge in [-0.25, -0.2) is 9.37 Å². The van der Waals surface area contributed by atoms with Crippen LogP contribution in [0, 0.1) is 5.82 Å². The fraction of sp³-hybridized carbons (Fsp3) is 0.615.